The highest BCUT2D eigenvalue weighted by Crippen LogP contribution is 2.14. The van der Waals surface area contributed by atoms with Crippen LogP contribution < -0.4 is 0 Å². The molecule has 0 aliphatic heterocycles. The molecule has 2 aromatic carbocycles. The number of hydrogen-bond donors (Lipinski definition) is 0. The summed E-state index contributed by atoms with van der Waals surface area (Å²) < 4.78 is 18.8. The first-order valence-electron chi connectivity index (χ1n) is 7.20. The number of methoxy groups -OCH3 is 1. The van der Waals surface area contributed by atoms with Gasteiger partial charge in [-0.25, -0.2) is 4.39 Å². The van der Waals surface area contributed by atoms with Gasteiger partial charge in [0.2, 0.25) is 0 Å². The predicted octanol–water partition coefficient (Wildman–Crippen LogP) is 3.42. The van der Waals surface area contributed by atoms with Crippen molar-refractivity contribution >= 4 is 5.91 Å². The van der Waals surface area contributed by atoms with Crippen molar-refractivity contribution < 1.29 is 13.9 Å². The van der Waals surface area contributed by atoms with Crippen molar-refractivity contribution in [3.8, 4) is 0 Å². The van der Waals surface area contributed by atoms with Gasteiger partial charge in [-0.2, -0.15) is 0 Å². The maximum Gasteiger partial charge on any atom is 0.254 e. The molecule has 0 atom stereocenters. The Morgan fingerprint density at radius 1 is 1.18 bits per heavy atom. The summed E-state index contributed by atoms with van der Waals surface area (Å²) in [6.07, 6.45) is 0. The number of ether oxygens (including phenoxy) is 1. The normalized spacial score (nSPS) is 10.5. The van der Waals surface area contributed by atoms with Gasteiger partial charge < -0.3 is 9.64 Å². The molecular formula is C18H20FNO2. The zero-order chi connectivity index (χ0) is 15.9. The average molecular weight is 301 g/mol. The SMILES string of the molecule is COCCN(Cc1ccccc1)C(=O)c1ccc(C)c(F)c1. The first-order chi connectivity index (χ1) is 10.6. The Labute approximate surface area is 130 Å². The van der Waals surface area contributed by atoms with Gasteiger partial charge in [0.25, 0.3) is 5.91 Å². The van der Waals surface area contributed by atoms with E-state index in [9.17, 15) is 9.18 Å². The lowest BCUT2D eigenvalue weighted by molar-refractivity contribution is 0.0680. The van der Waals surface area contributed by atoms with E-state index < -0.39 is 0 Å². The molecule has 0 radical (unpaired) electrons. The van der Waals surface area contributed by atoms with Crippen molar-refractivity contribution in [1.82, 2.24) is 4.90 Å². The number of carbonyl (C=O) groups is 1. The standard InChI is InChI=1S/C18H20FNO2/c1-14-8-9-16(12-17(14)19)18(21)20(10-11-22-2)13-15-6-4-3-5-7-15/h3-9,12H,10-11,13H2,1-2H3. The van der Waals surface area contributed by atoms with Gasteiger partial charge in [0.05, 0.1) is 6.61 Å². The summed E-state index contributed by atoms with van der Waals surface area (Å²) in [5, 5.41) is 0. The Bertz CT molecular complexity index is 628. The van der Waals surface area contributed by atoms with Crippen LogP contribution in [0.1, 0.15) is 21.5 Å². The number of hydrogen-bond acceptors (Lipinski definition) is 2. The quantitative estimate of drug-likeness (QED) is 0.818. The van der Waals surface area contributed by atoms with Gasteiger partial charge in [-0.05, 0) is 30.2 Å². The fourth-order valence-corrected chi connectivity index (χ4v) is 2.17. The van der Waals surface area contributed by atoms with Crippen LogP contribution in [0, 0.1) is 12.7 Å². The summed E-state index contributed by atoms with van der Waals surface area (Å²) in [5.74, 6) is -0.558. The molecule has 1 amide bonds. The molecule has 0 aliphatic carbocycles. The molecule has 2 rings (SSSR count). The van der Waals surface area contributed by atoms with E-state index in [2.05, 4.69) is 0 Å². The summed E-state index contributed by atoms with van der Waals surface area (Å²) in [4.78, 5) is 14.3. The lowest BCUT2D eigenvalue weighted by Crippen LogP contribution is -2.33. The summed E-state index contributed by atoms with van der Waals surface area (Å²) in [6.45, 7) is 3.04. The second kappa shape index (κ2) is 7.71. The van der Waals surface area contributed by atoms with Crippen molar-refractivity contribution in [2.24, 2.45) is 0 Å². The zero-order valence-electron chi connectivity index (χ0n) is 12.9. The van der Waals surface area contributed by atoms with Crippen LogP contribution in [0.25, 0.3) is 0 Å². The molecule has 116 valence electrons. The molecule has 0 N–H and O–H groups in total. The Hall–Kier alpha value is -2.20. The molecular weight excluding hydrogens is 281 g/mol. The van der Waals surface area contributed by atoms with E-state index in [-0.39, 0.29) is 11.7 Å². The lowest BCUT2D eigenvalue weighted by Gasteiger charge is -2.23. The summed E-state index contributed by atoms with van der Waals surface area (Å²) in [6, 6.07) is 14.3. The first kappa shape index (κ1) is 16.2. The number of benzene rings is 2. The third kappa shape index (κ3) is 4.15. The topological polar surface area (TPSA) is 29.5 Å². The summed E-state index contributed by atoms with van der Waals surface area (Å²) in [7, 11) is 1.59. The van der Waals surface area contributed by atoms with Crippen LogP contribution in [0.3, 0.4) is 0 Å². The number of halogens is 1. The molecule has 0 saturated carbocycles. The highest BCUT2D eigenvalue weighted by atomic mass is 19.1. The van der Waals surface area contributed by atoms with E-state index >= 15 is 0 Å². The molecule has 0 aromatic heterocycles. The van der Waals surface area contributed by atoms with E-state index in [0.717, 1.165) is 5.56 Å². The van der Waals surface area contributed by atoms with Crippen LogP contribution in [0.15, 0.2) is 48.5 Å². The number of amides is 1. The van der Waals surface area contributed by atoms with Crippen LogP contribution in [-0.4, -0.2) is 31.1 Å². The fraction of sp³-hybridized carbons (Fsp3) is 0.278. The predicted molar refractivity (Wildman–Crippen MR) is 84.2 cm³/mol. The summed E-state index contributed by atoms with van der Waals surface area (Å²) in [5.41, 5.74) is 1.91. The van der Waals surface area contributed by atoms with Gasteiger partial charge in [0.15, 0.2) is 0 Å². The maximum absolute atomic E-state index is 13.7. The van der Waals surface area contributed by atoms with E-state index in [1.54, 1.807) is 31.1 Å². The summed E-state index contributed by atoms with van der Waals surface area (Å²) >= 11 is 0. The van der Waals surface area contributed by atoms with Gasteiger partial charge in [-0.15, -0.1) is 0 Å². The maximum atomic E-state index is 13.7. The highest BCUT2D eigenvalue weighted by molar-refractivity contribution is 5.94. The third-order valence-electron chi connectivity index (χ3n) is 3.49. The number of aryl methyl sites for hydroxylation is 1. The zero-order valence-corrected chi connectivity index (χ0v) is 12.9. The Morgan fingerprint density at radius 3 is 2.55 bits per heavy atom. The minimum Gasteiger partial charge on any atom is -0.383 e. The van der Waals surface area contributed by atoms with Gasteiger partial charge in [0.1, 0.15) is 5.82 Å². The van der Waals surface area contributed by atoms with Gasteiger partial charge in [-0.3, -0.25) is 4.79 Å². The van der Waals surface area contributed by atoms with Crippen LogP contribution >= 0.6 is 0 Å². The van der Waals surface area contributed by atoms with Crippen molar-refractivity contribution in [2.45, 2.75) is 13.5 Å². The molecule has 3 nitrogen and oxygen atoms in total. The molecule has 0 spiro atoms. The number of nitrogens with zero attached hydrogens (tertiary/aromatic N) is 1. The molecule has 0 saturated heterocycles. The highest BCUT2D eigenvalue weighted by Gasteiger charge is 2.17. The Balaban J connectivity index is 2.19. The minimum absolute atomic E-state index is 0.195. The van der Waals surface area contributed by atoms with E-state index in [0.29, 0.717) is 30.8 Å². The molecule has 0 heterocycles. The van der Waals surface area contributed by atoms with Crippen molar-refractivity contribution in [2.75, 3.05) is 20.3 Å². The average Bonchev–Trinajstić information content (AvgIpc) is 2.54. The van der Waals surface area contributed by atoms with Crippen molar-refractivity contribution in [1.29, 1.82) is 0 Å². The van der Waals surface area contributed by atoms with E-state index in [1.165, 1.54) is 6.07 Å². The molecule has 2 aromatic rings. The molecule has 0 fully saturated rings. The molecule has 0 bridgehead atoms. The number of rotatable bonds is 6. The largest absolute Gasteiger partial charge is 0.383 e. The Kier molecular flexibility index (Phi) is 5.67. The lowest BCUT2D eigenvalue weighted by atomic mass is 10.1. The van der Waals surface area contributed by atoms with Gasteiger partial charge >= 0.3 is 0 Å². The first-order valence-corrected chi connectivity index (χ1v) is 7.20. The van der Waals surface area contributed by atoms with Crippen LogP contribution in [0.2, 0.25) is 0 Å². The third-order valence-corrected chi connectivity index (χ3v) is 3.49. The monoisotopic (exact) mass is 301 g/mol. The van der Waals surface area contributed by atoms with Crippen molar-refractivity contribution in [3.63, 3.8) is 0 Å². The van der Waals surface area contributed by atoms with Crippen LogP contribution in [0.4, 0.5) is 4.39 Å². The smallest absolute Gasteiger partial charge is 0.254 e. The Morgan fingerprint density at radius 2 is 1.91 bits per heavy atom. The fourth-order valence-electron chi connectivity index (χ4n) is 2.17. The van der Waals surface area contributed by atoms with Crippen molar-refractivity contribution in [3.05, 3.63) is 71.0 Å². The molecule has 0 unspecified atom stereocenters. The molecule has 4 heteroatoms. The molecule has 0 aliphatic rings. The van der Waals surface area contributed by atoms with Gasteiger partial charge in [0, 0.05) is 25.8 Å². The second-order valence-electron chi connectivity index (χ2n) is 5.17. The van der Waals surface area contributed by atoms with Crippen LogP contribution in [0.5, 0.6) is 0 Å². The van der Waals surface area contributed by atoms with Crippen LogP contribution in [-0.2, 0) is 11.3 Å². The molecule has 22 heavy (non-hydrogen) atoms. The van der Waals surface area contributed by atoms with E-state index in [4.69, 9.17) is 4.74 Å². The number of carbonyl (C=O) groups excluding carboxylic acids is 1. The van der Waals surface area contributed by atoms with Gasteiger partial charge in [-0.1, -0.05) is 36.4 Å². The van der Waals surface area contributed by atoms with E-state index in [1.807, 2.05) is 30.3 Å². The second-order valence-corrected chi connectivity index (χ2v) is 5.17. The minimum atomic E-state index is -0.364.